The molecule has 3 aliphatic heterocycles. The number of aromatic nitrogens is 5. The molecule has 13 heteroatoms. The summed E-state index contributed by atoms with van der Waals surface area (Å²) in [5.74, 6) is 0.904. The van der Waals surface area contributed by atoms with Gasteiger partial charge in [-0.15, -0.1) is 0 Å². The van der Waals surface area contributed by atoms with Crippen molar-refractivity contribution in [3.8, 4) is 11.4 Å². The molecule has 2 aromatic carbocycles. The van der Waals surface area contributed by atoms with E-state index in [1.807, 2.05) is 36.4 Å². The molecule has 0 atom stereocenters. The van der Waals surface area contributed by atoms with Gasteiger partial charge in [-0.05, 0) is 68.1 Å². The number of rotatable bonds is 3. The van der Waals surface area contributed by atoms with Crippen molar-refractivity contribution in [2.45, 2.75) is 38.3 Å². The molecule has 8 rings (SSSR count). The van der Waals surface area contributed by atoms with E-state index in [1.54, 1.807) is 25.4 Å². The van der Waals surface area contributed by atoms with E-state index in [0.717, 1.165) is 42.3 Å². The summed E-state index contributed by atoms with van der Waals surface area (Å²) in [6.45, 7) is 2.28. The first kappa shape index (κ1) is 28.9. The predicted molar refractivity (Wildman–Crippen MR) is 177 cm³/mol. The van der Waals surface area contributed by atoms with Crippen molar-refractivity contribution >= 4 is 51.3 Å². The number of methoxy groups -OCH3 is 1. The lowest BCUT2D eigenvalue weighted by molar-refractivity contribution is -0.121. The van der Waals surface area contributed by atoms with Gasteiger partial charge in [0, 0.05) is 54.7 Å². The molecule has 1 fully saturated rings. The van der Waals surface area contributed by atoms with Crippen molar-refractivity contribution < 1.29 is 19.1 Å². The van der Waals surface area contributed by atoms with Gasteiger partial charge in [-0.1, -0.05) is 12.2 Å². The Balaban J connectivity index is 1.12. The zero-order valence-electron chi connectivity index (χ0n) is 26.0. The summed E-state index contributed by atoms with van der Waals surface area (Å²) in [7, 11) is 1.42. The van der Waals surface area contributed by atoms with Crippen LogP contribution in [0.15, 0.2) is 71.8 Å². The summed E-state index contributed by atoms with van der Waals surface area (Å²) in [6, 6.07) is 14.1. The van der Waals surface area contributed by atoms with Crippen molar-refractivity contribution in [3.05, 3.63) is 77.4 Å². The maximum absolute atomic E-state index is 13.6. The lowest BCUT2D eigenvalue weighted by Gasteiger charge is -2.32. The maximum atomic E-state index is 13.6. The Labute approximate surface area is 269 Å². The minimum absolute atomic E-state index is 0.00842. The Morgan fingerprint density at radius 2 is 1.91 bits per heavy atom. The van der Waals surface area contributed by atoms with Crippen LogP contribution in [0.4, 0.5) is 22.1 Å². The molecule has 1 saturated heterocycles. The molecule has 0 spiro atoms. The third-order valence-corrected chi connectivity index (χ3v) is 9.27. The van der Waals surface area contributed by atoms with Crippen LogP contribution < -0.4 is 20.5 Å². The molecule has 3 aliphatic rings. The van der Waals surface area contributed by atoms with Crippen LogP contribution in [-0.4, -0.2) is 74.1 Å². The highest BCUT2D eigenvalue weighted by atomic mass is 16.5. The molecule has 2 bridgehead atoms. The third kappa shape index (κ3) is 5.07. The number of fused-ring (bicyclic) bond motifs is 6. The highest BCUT2D eigenvalue weighted by Crippen LogP contribution is 2.35. The molecular formula is C34H34N8O5. The Hall–Kier alpha value is -5.59. The highest BCUT2D eigenvalue weighted by Gasteiger charge is 2.28. The minimum Gasteiger partial charge on any atom is -0.482 e. The molecule has 6 heterocycles. The molecule has 0 aliphatic carbocycles. The van der Waals surface area contributed by atoms with E-state index in [9.17, 15) is 14.4 Å². The molecule has 0 saturated carbocycles. The van der Waals surface area contributed by atoms with Crippen molar-refractivity contribution in [3.63, 3.8) is 0 Å². The molecule has 47 heavy (non-hydrogen) atoms. The summed E-state index contributed by atoms with van der Waals surface area (Å²) in [5.41, 5.74) is 3.56. The summed E-state index contributed by atoms with van der Waals surface area (Å²) < 4.78 is 16.3. The standard InChI is InChI=1S/C34H34N8O5/c1-46-34(45)38-15-11-24(12-16-38)39-17-10-22-18-23(6-8-27(22)39)36-33-35-20-26-31(37-33)42-25-7-9-29-28(19-25)40(30(43)21-47-29)13-4-2-3-5-14-41(42)32(26)44/h3,5-10,17-20,24H,2,4,11-16,21H2,1H3,(H,35,36,37). The first-order valence-corrected chi connectivity index (χ1v) is 15.9. The van der Waals surface area contributed by atoms with Gasteiger partial charge in [-0.2, -0.15) is 4.98 Å². The number of nitrogens with zero attached hydrogens (tertiary/aromatic N) is 7. The quantitative estimate of drug-likeness (QED) is 0.282. The second kappa shape index (κ2) is 11.6. The van der Waals surface area contributed by atoms with Crippen molar-refractivity contribution in [2.24, 2.45) is 0 Å². The summed E-state index contributed by atoms with van der Waals surface area (Å²) in [5, 5.41) is 4.79. The van der Waals surface area contributed by atoms with Gasteiger partial charge in [-0.25, -0.2) is 19.1 Å². The molecule has 0 radical (unpaired) electrons. The number of carbonyl (C=O) groups is 2. The second-order valence-corrected chi connectivity index (χ2v) is 12.0. The van der Waals surface area contributed by atoms with E-state index in [0.29, 0.717) is 66.3 Å². The average molecular weight is 635 g/mol. The second-order valence-electron chi connectivity index (χ2n) is 12.0. The number of anilines is 3. The Kier molecular flexibility index (Phi) is 7.15. The Morgan fingerprint density at radius 3 is 2.77 bits per heavy atom. The van der Waals surface area contributed by atoms with Gasteiger partial charge in [0.15, 0.2) is 12.3 Å². The number of carbonyl (C=O) groups excluding carboxylic acids is 2. The van der Waals surface area contributed by atoms with E-state index in [-0.39, 0.29) is 24.2 Å². The number of benzene rings is 2. The molecule has 1 N–H and O–H groups in total. The molecule has 240 valence electrons. The van der Waals surface area contributed by atoms with Crippen molar-refractivity contribution in [1.82, 2.24) is 28.8 Å². The molecule has 2 amide bonds. The smallest absolute Gasteiger partial charge is 0.409 e. The van der Waals surface area contributed by atoms with E-state index in [4.69, 9.17) is 14.5 Å². The van der Waals surface area contributed by atoms with Crippen LogP contribution in [-0.2, 0) is 16.1 Å². The van der Waals surface area contributed by atoms with Crippen LogP contribution in [0.1, 0.15) is 31.7 Å². The first-order chi connectivity index (χ1) is 23.0. The Bertz CT molecular complexity index is 2120. The topological polar surface area (TPSA) is 129 Å². The highest BCUT2D eigenvalue weighted by molar-refractivity contribution is 5.98. The van der Waals surface area contributed by atoms with E-state index < -0.39 is 0 Å². The van der Waals surface area contributed by atoms with Gasteiger partial charge in [0.2, 0.25) is 5.95 Å². The third-order valence-electron chi connectivity index (χ3n) is 9.27. The van der Waals surface area contributed by atoms with Gasteiger partial charge in [0.05, 0.1) is 25.0 Å². The number of hydrogen-bond acceptors (Lipinski definition) is 8. The largest absolute Gasteiger partial charge is 0.482 e. The first-order valence-electron chi connectivity index (χ1n) is 15.9. The molecular weight excluding hydrogens is 600 g/mol. The fourth-order valence-electron chi connectivity index (χ4n) is 6.89. The van der Waals surface area contributed by atoms with Gasteiger partial charge in [-0.3, -0.25) is 9.59 Å². The SMILES string of the molecule is COC(=O)N1CCC(n2ccc3cc(Nc4ncc5c(=O)n6n(c5n4)-c4ccc5c(c4)N(CCCC=CC6)C(=O)CO5)ccc32)CC1. The molecule has 5 aromatic rings. The minimum atomic E-state index is -0.275. The van der Waals surface area contributed by atoms with Gasteiger partial charge >= 0.3 is 6.09 Å². The zero-order valence-corrected chi connectivity index (χ0v) is 26.0. The fourth-order valence-corrected chi connectivity index (χ4v) is 6.89. The number of allylic oxidation sites excluding steroid dienone is 2. The summed E-state index contributed by atoms with van der Waals surface area (Å²) >= 11 is 0. The lowest BCUT2D eigenvalue weighted by atomic mass is 10.0. The number of hydrogen-bond donors (Lipinski definition) is 1. The Morgan fingerprint density at radius 1 is 1.04 bits per heavy atom. The molecule has 3 aromatic heterocycles. The normalized spacial score (nSPS) is 16.8. The van der Waals surface area contributed by atoms with E-state index in [1.165, 1.54) is 7.11 Å². The van der Waals surface area contributed by atoms with E-state index in [2.05, 4.69) is 39.3 Å². The maximum Gasteiger partial charge on any atom is 0.409 e. The predicted octanol–water partition coefficient (Wildman–Crippen LogP) is 4.76. The molecule has 13 nitrogen and oxygen atoms in total. The van der Waals surface area contributed by atoms with E-state index >= 15 is 0 Å². The summed E-state index contributed by atoms with van der Waals surface area (Å²) in [6.07, 6.45) is 10.7. The lowest BCUT2D eigenvalue weighted by Crippen LogP contribution is -2.39. The number of nitrogens with one attached hydrogen (secondary N) is 1. The van der Waals surface area contributed by atoms with Crippen molar-refractivity contribution in [1.29, 1.82) is 0 Å². The van der Waals surface area contributed by atoms with Crippen LogP contribution in [0.2, 0.25) is 0 Å². The zero-order chi connectivity index (χ0) is 32.1. The number of ether oxygens (including phenoxy) is 2. The van der Waals surface area contributed by atoms with Gasteiger partial charge < -0.3 is 29.2 Å². The van der Waals surface area contributed by atoms with Crippen LogP contribution >= 0.6 is 0 Å². The van der Waals surface area contributed by atoms with Crippen LogP contribution in [0.25, 0.3) is 27.6 Å². The van der Waals surface area contributed by atoms with Crippen LogP contribution in [0.5, 0.6) is 5.75 Å². The molecule has 0 unspecified atom stereocenters. The van der Waals surface area contributed by atoms with Gasteiger partial charge in [0.25, 0.3) is 11.5 Å². The van der Waals surface area contributed by atoms with Gasteiger partial charge in [0.1, 0.15) is 11.1 Å². The average Bonchev–Trinajstić information content (AvgIpc) is 3.63. The number of piperidine rings is 1. The monoisotopic (exact) mass is 634 g/mol. The van der Waals surface area contributed by atoms with Crippen LogP contribution in [0.3, 0.4) is 0 Å². The van der Waals surface area contributed by atoms with Crippen molar-refractivity contribution in [2.75, 3.05) is 43.6 Å². The van der Waals surface area contributed by atoms with Crippen LogP contribution in [0, 0.1) is 0 Å². The number of likely N-dealkylation sites (tertiary alicyclic amines) is 1. The fraction of sp³-hybridized carbons (Fsp3) is 0.324. The number of amides is 2. The summed E-state index contributed by atoms with van der Waals surface area (Å²) in [4.78, 5) is 51.2.